The SMILES string of the molecule is CCNC(=NCc1ccc(N2CCOC(C)C2)nc1)NCc1ccc(OC)cc1OC.I. The van der Waals surface area contributed by atoms with Crippen LogP contribution in [0.2, 0.25) is 0 Å². The maximum atomic E-state index is 5.61. The van der Waals surface area contributed by atoms with Crippen LogP contribution in [-0.4, -0.2) is 57.5 Å². The quantitative estimate of drug-likeness (QED) is 0.294. The molecule has 2 aromatic rings. The fourth-order valence-electron chi connectivity index (χ4n) is 3.41. The minimum absolute atomic E-state index is 0. The maximum absolute atomic E-state index is 5.61. The maximum Gasteiger partial charge on any atom is 0.191 e. The Bertz CT molecular complexity index is 863. The van der Waals surface area contributed by atoms with Gasteiger partial charge in [0, 0.05) is 44.0 Å². The lowest BCUT2D eigenvalue weighted by atomic mass is 10.2. The van der Waals surface area contributed by atoms with Crippen LogP contribution in [0.25, 0.3) is 0 Å². The lowest BCUT2D eigenvalue weighted by Crippen LogP contribution is -2.41. The van der Waals surface area contributed by atoms with Gasteiger partial charge in [0.15, 0.2) is 5.96 Å². The Kier molecular flexibility index (Phi) is 10.8. The van der Waals surface area contributed by atoms with Gasteiger partial charge >= 0.3 is 0 Å². The molecule has 1 atom stereocenters. The van der Waals surface area contributed by atoms with E-state index in [2.05, 4.69) is 39.6 Å². The summed E-state index contributed by atoms with van der Waals surface area (Å²) >= 11 is 0. The molecule has 0 bridgehead atoms. The number of aromatic nitrogens is 1. The number of nitrogens with one attached hydrogen (secondary N) is 2. The number of rotatable bonds is 8. The molecule has 0 amide bonds. The van der Waals surface area contributed by atoms with Gasteiger partial charge in [0.2, 0.25) is 0 Å². The molecule has 1 aromatic carbocycles. The normalized spacial score (nSPS) is 16.2. The number of benzene rings is 1. The Labute approximate surface area is 207 Å². The number of halogens is 1. The van der Waals surface area contributed by atoms with Crippen LogP contribution in [0.5, 0.6) is 11.5 Å². The van der Waals surface area contributed by atoms with Crippen molar-refractivity contribution in [2.75, 3.05) is 45.4 Å². The highest BCUT2D eigenvalue weighted by molar-refractivity contribution is 14.0. The molecule has 0 spiro atoms. The largest absolute Gasteiger partial charge is 0.497 e. The molecule has 1 aliphatic heterocycles. The molecule has 3 rings (SSSR count). The van der Waals surface area contributed by atoms with Gasteiger partial charge in [0.1, 0.15) is 17.3 Å². The highest BCUT2D eigenvalue weighted by atomic mass is 127. The van der Waals surface area contributed by atoms with Crippen molar-refractivity contribution in [1.29, 1.82) is 0 Å². The van der Waals surface area contributed by atoms with Crippen LogP contribution >= 0.6 is 24.0 Å². The number of ether oxygens (including phenoxy) is 3. The van der Waals surface area contributed by atoms with E-state index < -0.39 is 0 Å². The van der Waals surface area contributed by atoms with Gasteiger partial charge in [0.05, 0.1) is 33.5 Å². The van der Waals surface area contributed by atoms with Crippen LogP contribution in [0.15, 0.2) is 41.5 Å². The second-order valence-corrected chi connectivity index (χ2v) is 7.38. The summed E-state index contributed by atoms with van der Waals surface area (Å²) < 4.78 is 16.3. The second kappa shape index (κ2) is 13.3. The van der Waals surface area contributed by atoms with E-state index in [0.29, 0.717) is 13.1 Å². The fourth-order valence-corrected chi connectivity index (χ4v) is 3.41. The second-order valence-electron chi connectivity index (χ2n) is 7.38. The number of nitrogens with zero attached hydrogens (tertiary/aromatic N) is 3. The molecule has 2 N–H and O–H groups in total. The van der Waals surface area contributed by atoms with E-state index in [4.69, 9.17) is 19.2 Å². The third-order valence-corrected chi connectivity index (χ3v) is 5.08. The smallest absolute Gasteiger partial charge is 0.191 e. The average molecular weight is 555 g/mol. The van der Waals surface area contributed by atoms with Gasteiger partial charge in [0.25, 0.3) is 0 Å². The summed E-state index contributed by atoms with van der Waals surface area (Å²) in [6, 6.07) is 9.94. The first-order chi connectivity index (χ1) is 15.1. The molecule has 1 unspecified atom stereocenters. The molecule has 32 heavy (non-hydrogen) atoms. The molecule has 2 heterocycles. The minimum atomic E-state index is 0. The van der Waals surface area contributed by atoms with Crippen molar-refractivity contribution in [3.05, 3.63) is 47.7 Å². The van der Waals surface area contributed by atoms with E-state index in [9.17, 15) is 0 Å². The van der Waals surface area contributed by atoms with Crippen LogP contribution in [0.3, 0.4) is 0 Å². The zero-order chi connectivity index (χ0) is 22.1. The third-order valence-electron chi connectivity index (χ3n) is 5.08. The molecule has 1 fully saturated rings. The molecular formula is C23H34IN5O3. The number of anilines is 1. The van der Waals surface area contributed by atoms with Gasteiger partial charge in [-0.25, -0.2) is 9.98 Å². The highest BCUT2D eigenvalue weighted by Crippen LogP contribution is 2.24. The van der Waals surface area contributed by atoms with Crippen molar-refractivity contribution >= 4 is 35.8 Å². The van der Waals surface area contributed by atoms with Crippen molar-refractivity contribution in [2.24, 2.45) is 4.99 Å². The van der Waals surface area contributed by atoms with Crippen molar-refractivity contribution in [3.63, 3.8) is 0 Å². The van der Waals surface area contributed by atoms with Crippen LogP contribution in [-0.2, 0) is 17.8 Å². The molecule has 1 aromatic heterocycles. The number of pyridine rings is 1. The van der Waals surface area contributed by atoms with Crippen LogP contribution < -0.4 is 25.0 Å². The van der Waals surface area contributed by atoms with E-state index in [1.165, 1.54) is 0 Å². The lowest BCUT2D eigenvalue weighted by Gasteiger charge is -2.32. The molecule has 0 radical (unpaired) electrons. The summed E-state index contributed by atoms with van der Waals surface area (Å²) in [4.78, 5) is 11.6. The molecule has 0 aliphatic carbocycles. The number of guanidine groups is 1. The number of methoxy groups -OCH3 is 2. The predicted molar refractivity (Wildman–Crippen MR) is 138 cm³/mol. The Morgan fingerprint density at radius 2 is 2.06 bits per heavy atom. The first-order valence-electron chi connectivity index (χ1n) is 10.7. The zero-order valence-corrected chi connectivity index (χ0v) is 21.6. The molecule has 0 saturated carbocycles. The monoisotopic (exact) mass is 555 g/mol. The van der Waals surface area contributed by atoms with Gasteiger partial charge in [-0.2, -0.15) is 0 Å². The van der Waals surface area contributed by atoms with Gasteiger partial charge < -0.3 is 29.7 Å². The van der Waals surface area contributed by atoms with Gasteiger partial charge in [-0.1, -0.05) is 6.07 Å². The molecule has 176 valence electrons. The van der Waals surface area contributed by atoms with E-state index in [1.807, 2.05) is 31.3 Å². The Hall–Kier alpha value is -2.27. The lowest BCUT2D eigenvalue weighted by molar-refractivity contribution is 0.0529. The van der Waals surface area contributed by atoms with Crippen molar-refractivity contribution in [2.45, 2.75) is 33.0 Å². The number of aliphatic imine (C=N–C) groups is 1. The Balaban J connectivity index is 0.00000363. The van der Waals surface area contributed by atoms with Crippen molar-refractivity contribution in [3.8, 4) is 11.5 Å². The standard InChI is InChI=1S/C23H33N5O3.HI/c1-5-24-23(27-15-19-7-8-20(29-3)12-21(19)30-4)26-14-18-6-9-22(25-13-18)28-10-11-31-17(2)16-28;/h6-9,12-13,17H,5,10-11,14-16H2,1-4H3,(H2,24,26,27);1H. The first-order valence-corrected chi connectivity index (χ1v) is 10.7. The van der Waals surface area contributed by atoms with Gasteiger partial charge in [-0.05, 0) is 37.6 Å². The molecule has 8 nitrogen and oxygen atoms in total. The number of morpholine rings is 1. The zero-order valence-electron chi connectivity index (χ0n) is 19.3. The topological polar surface area (TPSA) is 80.2 Å². The van der Waals surface area contributed by atoms with Gasteiger partial charge in [-0.3, -0.25) is 0 Å². The molecule has 9 heteroatoms. The summed E-state index contributed by atoms with van der Waals surface area (Å²) in [6.07, 6.45) is 2.13. The summed E-state index contributed by atoms with van der Waals surface area (Å²) in [5.41, 5.74) is 2.09. The van der Waals surface area contributed by atoms with Crippen LogP contribution in [0.1, 0.15) is 25.0 Å². The van der Waals surface area contributed by atoms with E-state index in [-0.39, 0.29) is 30.1 Å². The summed E-state index contributed by atoms with van der Waals surface area (Å²) in [7, 11) is 3.30. The first kappa shape index (κ1) is 26.0. The molecule has 1 saturated heterocycles. The predicted octanol–water partition coefficient (Wildman–Crippen LogP) is 3.20. The van der Waals surface area contributed by atoms with E-state index in [1.54, 1.807) is 14.2 Å². The average Bonchev–Trinajstić information content (AvgIpc) is 2.81. The van der Waals surface area contributed by atoms with Gasteiger partial charge in [-0.15, -0.1) is 24.0 Å². The summed E-state index contributed by atoms with van der Waals surface area (Å²) in [6.45, 7) is 8.53. The summed E-state index contributed by atoms with van der Waals surface area (Å²) in [5, 5.41) is 6.64. The van der Waals surface area contributed by atoms with Crippen molar-refractivity contribution < 1.29 is 14.2 Å². The third kappa shape index (κ3) is 7.40. The summed E-state index contributed by atoms with van der Waals surface area (Å²) in [5.74, 6) is 3.27. The Morgan fingerprint density at radius 1 is 1.22 bits per heavy atom. The molecular weight excluding hydrogens is 521 g/mol. The molecule has 1 aliphatic rings. The van der Waals surface area contributed by atoms with E-state index in [0.717, 1.165) is 60.6 Å². The minimum Gasteiger partial charge on any atom is -0.497 e. The van der Waals surface area contributed by atoms with E-state index >= 15 is 0 Å². The number of hydrogen-bond donors (Lipinski definition) is 2. The Morgan fingerprint density at radius 3 is 2.72 bits per heavy atom. The van der Waals surface area contributed by atoms with Crippen LogP contribution in [0, 0.1) is 0 Å². The van der Waals surface area contributed by atoms with Crippen molar-refractivity contribution in [1.82, 2.24) is 15.6 Å². The highest BCUT2D eigenvalue weighted by Gasteiger charge is 2.17. The fraction of sp³-hybridized carbons (Fsp3) is 0.478. The van der Waals surface area contributed by atoms with Crippen LogP contribution in [0.4, 0.5) is 5.82 Å². The number of hydrogen-bond acceptors (Lipinski definition) is 6.